The van der Waals surface area contributed by atoms with E-state index >= 15 is 0 Å². The van der Waals surface area contributed by atoms with Gasteiger partial charge < -0.3 is 5.32 Å². The van der Waals surface area contributed by atoms with Crippen LogP contribution in [0.3, 0.4) is 0 Å². The van der Waals surface area contributed by atoms with E-state index in [1.165, 1.54) is 35.9 Å². The number of aromatic nitrogens is 2. The molecular formula is C16H25N3. The zero-order valence-corrected chi connectivity index (χ0v) is 12.3. The Balaban J connectivity index is 2.21. The van der Waals surface area contributed by atoms with Gasteiger partial charge in [0.25, 0.3) is 0 Å². The predicted octanol–water partition coefficient (Wildman–Crippen LogP) is 3.72. The second-order valence-electron chi connectivity index (χ2n) is 5.43. The largest absolute Gasteiger partial charge is 0.309 e. The summed E-state index contributed by atoms with van der Waals surface area (Å²) >= 11 is 0. The number of unbranched alkanes of at least 4 members (excludes halogenated alkanes) is 2. The molecule has 2 aromatic rings. The van der Waals surface area contributed by atoms with Crippen molar-refractivity contribution in [2.75, 3.05) is 0 Å². The molecule has 0 amide bonds. The molecule has 0 radical (unpaired) electrons. The zero-order valence-electron chi connectivity index (χ0n) is 12.3. The summed E-state index contributed by atoms with van der Waals surface area (Å²) in [5.41, 5.74) is 2.43. The number of aryl methyl sites for hydroxylation is 1. The van der Waals surface area contributed by atoms with Crippen LogP contribution in [0, 0.1) is 0 Å². The summed E-state index contributed by atoms with van der Waals surface area (Å²) in [6.45, 7) is 8.44. The third-order valence-electron chi connectivity index (χ3n) is 3.39. The van der Waals surface area contributed by atoms with Crippen molar-refractivity contribution in [3.05, 3.63) is 30.0 Å². The first kappa shape index (κ1) is 14.1. The molecule has 0 bridgehead atoms. The Hall–Kier alpha value is -1.35. The highest BCUT2D eigenvalue weighted by molar-refractivity contribution is 5.81. The van der Waals surface area contributed by atoms with E-state index in [1.54, 1.807) is 0 Å². The van der Waals surface area contributed by atoms with Gasteiger partial charge in [-0.25, -0.2) is 0 Å². The van der Waals surface area contributed by atoms with Gasteiger partial charge in [-0.1, -0.05) is 51.8 Å². The molecule has 19 heavy (non-hydrogen) atoms. The van der Waals surface area contributed by atoms with Crippen LogP contribution < -0.4 is 5.32 Å². The molecule has 0 aliphatic heterocycles. The van der Waals surface area contributed by atoms with E-state index in [-0.39, 0.29) is 0 Å². The molecule has 0 saturated carbocycles. The van der Waals surface area contributed by atoms with Gasteiger partial charge in [0.1, 0.15) is 0 Å². The summed E-state index contributed by atoms with van der Waals surface area (Å²) in [6.07, 6.45) is 3.73. The van der Waals surface area contributed by atoms with Crippen LogP contribution in [-0.4, -0.2) is 15.8 Å². The van der Waals surface area contributed by atoms with Gasteiger partial charge in [0, 0.05) is 24.5 Å². The van der Waals surface area contributed by atoms with Crippen LogP contribution in [0.25, 0.3) is 10.9 Å². The maximum absolute atomic E-state index is 4.79. The lowest BCUT2D eigenvalue weighted by Gasteiger charge is -2.05. The number of para-hydroxylation sites is 1. The van der Waals surface area contributed by atoms with Crippen molar-refractivity contribution in [1.29, 1.82) is 0 Å². The lowest BCUT2D eigenvalue weighted by Crippen LogP contribution is -2.22. The maximum Gasteiger partial charge on any atom is 0.0841 e. The molecule has 1 aromatic heterocycles. The molecule has 2 rings (SSSR count). The maximum atomic E-state index is 4.79. The number of benzene rings is 1. The van der Waals surface area contributed by atoms with Crippen LogP contribution in [0.15, 0.2) is 24.3 Å². The highest BCUT2D eigenvalue weighted by atomic mass is 15.3. The molecule has 1 aromatic carbocycles. The molecule has 1 heterocycles. The first-order valence-electron chi connectivity index (χ1n) is 7.40. The molecule has 0 fully saturated rings. The van der Waals surface area contributed by atoms with E-state index in [0.29, 0.717) is 6.04 Å². The van der Waals surface area contributed by atoms with Gasteiger partial charge in [0.05, 0.1) is 11.2 Å². The molecule has 104 valence electrons. The van der Waals surface area contributed by atoms with Gasteiger partial charge in [-0.05, 0) is 12.5 Å². The van der Waals surface area contributed by atoms with Crippen molar-refractivity contribution in [1.82, 2.24) is 15.1 Å². The molecule has 0 saturated heterocycles. The van der Waals surface area contributed by atoms with Crippen molar-refractivity contribution in [3.63, 3.8) is 0 Å². The number of hydrogen-bond donors (Lipinski definition) is 1. The van der Waals surface area contributed by atoms with Crippen molar-refractivity contribution in [2.24, 2.45) is 0 Å². The number of rotatable bonds is 7. The Bertz CT molecular complexity index is 514. The molecule has 3 heteroatoms. The Morgan fingerprint density at radius 3 is 2.74 bits per heavy atom. The Kier molecular flexibility index (Phi) is 4.97. The van der Waals surface area contributed by atoms with Crippen molar-refractivity contribution >= 4 is 10.9 Å². The molecule has 0 unspecified atom stereocenters. The average Bonchev–Trinajstić information content (AvgIpc) is 2.76. The van der Waals surface area contributed by atoms with Gasteiger partial charge in [-0.3, -0.25) is 4.68 Å². The number of fused-ring (bicyclic) bond motifs is 1. The van der Waals surface area contributed by atoms with E-state index in [0.717, 1.165) is 13.1 Å². The highest BCUT2D eigenvalue weighted by Gasteiger charge is 2.09. The molecule has 1 N–H and O–H groups in total. The molecule has 0 spiro atoms. The fourth-order valence-electron chi connectivity index (χ4n) is 2.31. The van der Waals surface area contributed by atoms with Crippen LogP contribution in [0.1, 0.15) is 45.7 Å². The highest BCUT2D eigenvalue weighted by Crippen LogP contribution is 2.19. The quantitative estimate of drug-likeness (QED) is 0.768. The van der Waals surface area contributed by atoms with Crippen molar-refractivity contribution in [3.8, 4) is 0 Å². The third-order valence-corrected chi connectivity index (χ3v) is 3.39. The third kappa shape index (κ3) is 3.57. The Labute approximate surface area is 116 Å². The van der Waals surface area contributed by atoms with E-state index in [4.69, 9.17) is 5.10 Å². The van der Waals surface area contributed by atoms with Crippen LogP contribution >= 0.6 is 0 Å². The molecule has 0 aliphatic carbocycles. The van der Waals surface area contributed by atoms with Gasteiger partial charge >= 0.3 is 0 Å². The number of hydrogen-bond acceptors (Lipinski definition) is 2. The van der Waals surface area contributed by atoms with E-state index in [1.807, 2.05) is 0 Å². The van der Waals surface area contributed by atoms with Gasteiger partial charge in [-0.15, -0.1) is 0 Å². The second kappa shape index (κ2) is 6.71. The predicted molar refractivity (Wildman–Crippen MR) is 81.2 cm³/mol. The first-order valence-corrected chi connectivity index (χ1v) is 7.40. The first-order chi connectivity index (χ1) is 9.22. The van der Waals surface area contributed by atoms with Crippen molar-refractivity contribution in [2.45, 2.75) is 59.2 Å². The lowest BCUT2D eigenvalue weighted by atomic mass is 10.2. The van der Waals surface area contributed by atoms with E-state index in [2.05, 4.69) is 55.0 Å². The van der Waals surface area contributed by atoms with Gasteiger partial charge in [0.2, 0.25) is 0 Å². The minimum atomic E-state index is 0.490. The van der Waals surface area contributed by atoms with Crippen LogP contribution in [0.5, 0.6) is 0 Å². The Morgan fingerprint density at radius 1 is 1.21 bits per heavy atom. The molecule has 0 atom stereocenters. The minimum Gasteiger partial charge on any atom is -0.309 e. The zero-order chi connectivity index (χ0) is 13.7. The van der Waals surface area contributed by atoms with Crippen LogP contribution in [0.4, 0.5) is 0 Å². The van der Waals surface area contributed by atoms with Crippen LogP contribution in [0.2, 0.25) is 0 Å². The second-order valence-corrected chi connectivity index (χ2v) is 5.43. The summed E-state index contributed by atoms with van der Waals surface area (Å²) in [5, 5.41) is 9.53. The Morgan fingerprint density at radius 2 is 2.00 bits per heavy atom. The number of nitrogens with one attached hydrogen (secondary N) is 1. The van der Waals surface area contributed by atoms with Gasteiger partial charge in [0.15, 0.2) is 0 Å². The van der Waals surface area contributed by atoms with Gasteiger partial charge in [-0.2, -0.15) is 5.10 Å². The molecule has 3 nitrogen and oxygen atoms in total. The summed E-state index contributed by atoms with van der Waals surface area (Å²) in [6, 6.07) is 9.03. The molecule has 0 aliphatic rings. The average molecular weight is 259 g/mol. The normalized spacial score (nSPS) is 11.6. The lowest BCUT2D eigenvalue weighted by molar-refractivity contribution is 0.542. The fraction of sp³-hybridized carbons (Fsp3) is 0.562. The molecular weight excluding hydrogens is 234 g/mol. The summed E-state index contributed by atoms with van der Waals surface area (Å²) < 4.78 is 2.17. The summed E-state index contributed by atoms with van der Waals surface area (Å²) in [5.74, 6) is 0. The topological polar surface area (TPSA) is 29.9 Å². The monoisotopic (exact) mass is 259 g/mol. The van der Waals surface area contributed by atoms with Crippen LogP contribution in [-0.2, 0) is 13.1 Å². The summed E-state index contributed by atoms with van der Waals surface area (Å²) in [4.78, 5) is 0. The standard InChI is InChI=1S/C16H25N3/c1-4-5-8-11-19-16-10-7-6-9-14(16)15(18-19)12-17-13(2)3/h6-7,9-10,13,17H,4-5,8,11-12H2,1-3H3. The SMILES string of the molecule is CCCCCn1nc(CNC(C)C)c2ccccc21. The van der Waals surface area contributed by atoms with Crippen molar-refractivity contribution < 1.29 is 0 Å². The van der Waals surface area contributed by atoms with E-state index in [9.17, 15) is 0 Å². The summed E-state index contributed by atoms with van der Waals surface area (Å²) in [7, 11) is 0. The minimum absolute atomic E-state index is 0.490. The fourth-order valence-corrected chi connectivity index (χ4v) is 2.31. The number of nitrogens with zero attached hydrogens (tertiary/aromatic N) is 2. The smallest absolute Gasteiger partial charge is 0.0841 e. The van der Waals surface area contributed by atoms with E-state index < -0.39 is 0 Å².